The molecule has 2 rings (SSSR count). The molecule has 0 radical (unpaired) electrons. The first-order valence-electron chi connectivity index (χ1n) is 8.38. The third kappa shape index (κ3) is 5.48. The van der Waals surface area contributed by atoms with Crippen LogP contribution in [-0.4, -0.2) is 31.6 Å². The van der Waals surface area contributed by atoms with Gasteiger partial charge < -0.3 is 14.8 Å². The molecule has 0 aliphatic heterocycles. The summed E-state index contributed by atoms with van der Waals surface area (Å²) in [7, 11) is 1.57. The highest BCUT2D eigenvalue weighted by molar-refractivity contribution is 6.22. The van der Waals surface area contributed by atoms with Gasteiger partial charge in [-0.3, -0.25) is 4.79 Å². The molecule has 2 aromatic carbocycles. The number of rotatable bonds is 7. The van der Waals surface area contributed by atoms with Crippen molar-refractivity contribution in [3.8, 4) is 5.75 Å². The van der Waals surface area contributed by atoms with Gasteiger partial charge in [0, 0.05) is 11.6 Å². The van der Waals surface area contributed by atoms with Crippen LogP contribution in [0.25, 0.3) is 11.6 Å². The molecular weight excluding hydrogens is 330 g/mol. The van der Waals surface area contributed by atoms with E-state index < -0.39 is 5.97 Å². The minimum atomic E-state index is -0.569. The van der Waals surface area contributed by atoms with Crippen LogP contribution in [0.15, 0.2) is 54.6 Å². The van der Waals surface area contributed by atoms with E-state index in [1.165, 1.54) is 0 Å². The molecule has 0 aromatic heterocycles. The van der Waals surface area contributed by atoms with Crippen LogP contribution in [0.1, 0.15) is 25.0 Å². The standard InChI is InChI=1S/C21H23NO4/c1-15(2)22-20(23)14-26-21(24)18(16-9-5-4-6-10-16)13-17-11-7-8-12-19(17)25-3/h4-13,15H,14H2,1-3H3,(H,22,23)/b18-13+. The highest BCUT2D eigenvalue weighted by Gasteiger charge is 2.16. The fourth-order valence-corrected chi connectivity index (χ4v) is 2.39. The van der Waals surface area contributed by atoms with Crippen LogP contribution in [0.3, 0.4) is 0 Å². The molecule has 0 unspecified atom stereocenters. The second-order valence-corrected chi connectivity index (χ2v) is 5.96. The second-order valence-electron chi connectivity index (χ2n) is 5.96. The molecule has 1 N–H and O–H groups in total. The SMILES string of the molecule is COc1ccccc1/C=C(/C(=O)OCC(=O)NC(C)C)c1ccccc1. The van der Waals surface area contributed by atoms with Crippen molar-refractivity contribution in [2.75, 3.05) is 13.7 Å². The highest BCUT2D eigenvalue weighted by atomic mass is 16.5. The third-order valence-corrected chi connectivity index (χ3v) is 3.53. The number of hydrogen-bond donors (Lipinski definition) is 1. The molecule has 5 heteroatoms. The summed E-state index contributed by atoms with van der Waals surface area (Å²) in [6, 6.07) is 16.5. The Balaban J connectivity index is 2.29. The number of ether oxygens (including phenoxy) is 2. The second kappa shape index (κ2) is 9.42. The number of hydrogen-bond acceptors (Lipinski definition) is 4. The first-order valence-corrected chi connectivity index (χ1v) is 8.38. The van der Waals surface area contributed by atoms with Crippen molar-refractivity contribution in [2.24, 2.45) is 0 Å². The van der Waals surface area contributed by atoms with Crippen molar-refractivity contribution in [3.63, 3.8) is 0 Å². The smallest absolute Gasteiger partial charge is 0.339 e. The number of amides is 1. The van der Waals surface area contributed by atoms with Crippen molar-refractivity contribution >= 4 is 23.5 Å². The Hall–Kier alpha value is -3.08. The average Bonchev–Trinajstić information content (AvgIpc) is 2.64. The zero-order chi connectivity index (χ0) is 18.9. The lowest BCUT2D eigenvalue weighted by molar-refractivity contribution is -0.143. The summed E-state index contributed by atoms with van der Waals surface area (Å²) in [5.74, 6) is -0.259. The number of para-hydroxylation sites is 1. The Morgan fingerprint density at radius 1 is 1.04 bits per heavy atom. The van der Waals surface area contributed by atoms with Crippen LogP contribution in [0, 0.1) is 0 Å². The van der Waals surface area contributed by atoms with E-state index >= 15 is 0 Å². The lowest BCUT2D eigenvalue weighted by Crippen LogP contribution is -2.34. The quantitative estimate of drug-likeness (QED) is 0.471. The molecule has 136 valence electrons. The zero-order valence-electron chi connectivity index (χ0n) is 15.2. The maximum Gasteiger partial charge on any atom is 0.339 e. The van der Waals surface area contributed by atoms with Crippen LogP contribution >= 0.6 is 0 Å². The summed E-state index contributed by atoms with van der Waals surface area (Å²) in [5.41, 5.74) is 1.80. The topological polar surface area (TPSA) is 64.6 Å². The van der Waals surface area contributed by atoms with E-state index in [0.717, 1.165) is 5.56 Å². The molecule has 5 nitrogen and oxygen atoms in total. The number of carbonyl (C=O) groups is 2. The van der Waals surface area contributed by atoms with Crippen LogP contribution in [0.2, 0.25) is 0 Å². The monoisotopic (exact) mass is 353 g/mol. The Morgan fingerprint density at radius 3 is 2.35 bits per heavy atom. The predicted molar refractivity (Wildman–Crippen MR) is 102 cm³/mol. The van der Waals surface area contributed by atoms with Gasteiger partial charge >= 0.3 is 5.97 Å². The lowest BCUT2D eigenvalue weighted by Gasteiger charge is -2.12. The Bertz CT molecular complexity index is 782. The first-order chi connectivity index (χ1) is 12.5. The Kier molecular flexibility index (Phi) is 6.97. The minimum Gasteiger partial charge on any atom is -0.496 e. The van der Waals surface area contributed by atoms with Crippen molar-refractivity contribution < 1.29 is 19.1 Å². The molecule has 2 aromatic rings. The normalized spacial score (nSPS) is 11.2. The number of nitrogens with one attached hydrogen (secondary N) is 1. The van der Waals surface area contributed by atoms with Gasteiger partial charge in [-0.15, -0.1) is 0 Å². The van der Waals surface area contributed by atoms with Crippen LogP contribution in [0.5, 0.6) is 5.75 Å². The van der Waals surface area contributed by atoms with Crippen molar-refractivity contribution in [3.05, 3.63) is 65.7 Å². The van der Waals surface area contributed by atoms with Crippen LogP contribution < -0.4 is 10.1 Å². The van der Waals surface area contributed by atoms with Gasteiger partial charge in [-0.1, -0.05) is 48.5 Å². The number of carbonyl (C=O) groups excluding carboxylic acids is 2. The highest BCUT2D eigenvalue weighted by Crippen LogP contribution is 2.25. The molecule has 0 fully saturated rings. The number of benzene rings is 2. The molecule has 0 aliphatic rings. The average molecular weight is 353 g/mol. The van der Waals surface area contributed by atoms with Crippen molar-refractivity contribution in [2.45, 2.75) is 19.9 Å². The van der Waals surface area contributed by atoms with Crippen LogP contribution in [-0.2, 0) is 14.3 Å². The van der Waals surface area contributed by atoms with E-state index in [2.05, 4.69) is 5.32 Å². The first kappa shape index (κ1) is 19.2. The molecule has 0 saturated heterocycles. The molecule has 0 aliphatic carbocycles. The summed E-state index contributed by atoms with van der Waals surface area (Å²) in [4.78, 5) is 24.4. The van der Waals surface area contributed by atoms with Crippen molar-refractivity contribution in [1.29, 1.82) is 0 Å². The predicted octanol–water partition coefficient (Wildman–Crippen LogP) is 3.30. The van der Waals surface area contributed by atoms with E-state index in [-0.39, 0.29) is 18.6 Å². The largest absolute Gasteiger partial charge is 0.496 e. The summed E-state index contributed by atoms with van der Waals surface area (Å²) >= 11 is 0. The summed E-state index contributed by atoms with van der Waals surface area (Å²) in [5, 5.41) is 2.69. The molecule has 0 bridgehead atoms. The Morgan fingerprint density at radius 2 is 1.69 bits per heavy atom. The molecule has 0 spiro atoms. The van der Waals surface area contributed by atoms with Gasteiger partial charge in [0.25, 0.3) is 5.91 Å². The summed E-state index contributed by atoms with van der Waals surface area (Å²) < 4.78 is 10.5. The van der Waals surface area contributed by atoms with E-state index in [4.69, 9.17) is 9.47 Å². The molecule has 0 atom stereocenters. The van der Waals surface area contributed by atoms with Gasteiger partial charge in [0.05, 0.1) is 12.7 Å². The van der Waals surface area contributed by atoms with Gasteiger partial charge in [0.15, 0.2) is 6.61 Å². The van der Waals surface area contributed by atoms with E-state index in [0.29, 0.717) is 16.9 Å². The Labute approximate surface area is 153 Å². The summed E-state index contributed by atoms with van der Waals surface area (Å²) in [6.45, 7) is 3.36. The van der Waals surface area contributed by atoms with E-state index in [1.807, 2.05) is 68.4 Å². The third-order valence-electron chi connectivity index (χ3n) is 3.53. The van der Waals surface area contributed by atoms with Gasteiger partial charge in [0.2, 0.25) is 0 Å². The molecule has 0 heterocycles. The van der Waals surface area contributed by atoms with Gasteiger partial charge in [0.1, 0.15) is 5.75 Å². The van der Waals surface area contributed by atoms with Gasteiger partial charge in [-0.05, 0) is 31.6 Å². The van der Waals surface area contributed by atoms with Gasteiger partial charge in [-0.25, -0.2) is 4.79 Å². The maximum absolute atomic E-state index is 12.6. The molecule has 26 heavy (non-hydrogen) atoms. The van der Waals surface area contributed by atoms with E-state index in [1.54, 1.807) is 13.2 Å². The van der Waals surface area contributed by atoms with Crippen molar-refractivity contribution in [1.82, 2.24) is 5.32 Å². The zero-order valence-corrected chi connectivity index (χ0v) is 15.2. The number of esters is 1. The maximum atomic E-state index is 12.6. The fraction of sp³-hybridized carbons (Fsp3) is 0.238. The fourth-order valence-electron chi connectivity index (χ4n) is 2.39. The number of methoxy groups -OCH3 is 1. The van der Waals surface area contributed by atoms with Crippen LogP contribution in [0.4, 0.5) is 0 Å². The molecule has 1 amide bonds. The molecular formula is C21H23NO4. The van der Waals surface area contributed by atoms with E-state index in [9.17, 15) is 9.59 Å². The van der Waals surface area contributed by atoms with Gasteiger partial charge in [-0.2, -0.15) is 0 Å². The summed E-state index contributed by atoms with van der Waals surface area (Å²) in [6.07, 6.45) is 1.71. The minimum absolute atomic E-state index is 0.0149. The molecule has 0 saturated carbocycles. The lowest BCUT2D eigenvalue weighted by atomic mass is 10.0.